The van der Waals surface area contributed by atoms with Gasteiger partial charge in [-0.3, -0.25) is 0 Å². The van der Waals surface area contributed by atoms with Gasteiger partial charge in [-0.05, 0) is 27.7 Å². The van der Waals surface area contributed by atoms with E-state index in [2.05, 4.69) is 13.2 Å². The fourth-order valence-electron chi connectivity index (χ4n) is 0. The van der Waals surface area contributed by atoms with E-state index in [1.165, 1.54) is 0 Å². The molecule has 0 fully saturated rings. The van der Waals surface area contributed by atoms with Crippen LogP contribution in [0, 0.1) is 0 Å². The van der Waals surface area contributed by atoms with Crippen molar-refractivity contribution in [2.24, 2.45) is 22.9 Å². The zero-order chi connectivity index (χ0) is 14.0. The van der Waals surface area contributed by atoms with Gasteiger partial charge in [0.25, 0.3) is 0 Å². The van der Waals surface area contributed by atoms with Crippen LogP contribution >= 0.6 is 0 Å². The zero-order valence-corrected chi connectivity index (χ0v) is 11.4. The second-order valence-electron chi connectivity index (χ2n) is 3.24. The summed E-state index contributed by atoms with van der Waals surface area (Å²) in [4.78, 5) is 0. The molecule has 0 aromatic rings. The molecule has 4 nitrogen and oxygen atoms in total. The third-order valence-electron chi connectivity index (χ3n) is 0.744. The summed E-state index contributed by atoms with van der Waals surface area (Å²) in [6, 6.07) is 0.324. The second kappa shape index (κ2) is 29.2. The van der Waals surface area contributed by atoms with Gasteiger partial charge in [0.05, 0.1) is 0 Å². The molecule has 0 rings (SSSR count). The molecule has 4 heteroatoms. The Balaban J connectivity index is -0.0000000621. The van der Waals surface area contributed by atoms with Crippen LogP contribution < -0.4 is 22.9 Å². The molecule has 0 aliphatic carbocycles. The molecule has 0 saturated heterocycles. The second-order valence-corrected chi connectivity index (χ2v) is 3.24. The average molecular weight is 232 g/mol. The highest BCUT2D eigenvalue weighted by Crippen LogP contribution is 1.59. The minimum Gasteiger partial charge on any atom is -0.329 e. The Morgan fingerprint density at radius 1 is 0.875 bits per heavy atom. The minimum atomic E-state index is 0.162. The molecule has 8 N–H and O–H groups in total. The highest BCUT2D eigenvalue weighted by molar-refractivity contribution is 4.52. The van der Waals surface area contributed by atoms with E-state index in [4.69, 9.17) is 22.9 Å². The highest BCUT2D eigenvalue weighted by atomic mass is 14.7. The Kier molecular flexibility index (Phi) is 44.8. The van der Waals surface area contributed by atoms with Crippen molar-refractivity contribution in [2.45, 2.75) is 39.8 Å². The van der Waals surface area contributed by atoms with Crippen LogP contribution in [0.25, 0.3) is 0 Å². The van der Waals surface area contributed by atoms with Crippen molar-refractivity contribution in [1.29, 1.82) is 0 Å². The van der Waals surface area contributed by atoms with Gasteiger partial charge in [-0.25, -0.2) is 0 Å². The fraction of sp³-hybridized carbons (Fsp3) is 0.667. The van der Waals surface area contributed by atoms with Crippen molar-refractivity contribution in [1.82, 2.24) is 0 Å². The standard InChI is InChI=1S/2C3H10N2.2C3H6/c2*1-3(5)2-4;2*1-3-2/h2*3H,2,4-5H2,1H3;2*3H,1H2,2H3. The molecule has 16 heavy (non-hydrogen) atoms. The maximum Gasteiger partial charge on any atom is 0.0134 e. The predicted molar refractivity (Wildman–Crippen MR) is 77.1 cm³/mol. The van der Waals surface area contributed by atoms with Crippen molar-refractivity contribution in [3.63, 3.8) is 0 Å². The van der Waals surface area contributed by atoms with E-state index in [0.717, 1.165) is 0 Å². The van der Waals surface area contributed by atoms with Gasteiger partial charge < -0.3 is 22.9 Å². The van der Waals surface area contributed by atoms with Gasteiger partial charge >= 0.3 is 0 Å². The number of allylic oxidation sites excluding steroid dienone is 2. The number of hydrogen-bond acceptors (Lipinski definition) is 4. The third kappa shape index (κ3) is 183. The molecule has 0 aromatic carbocycles. The first-order chi connectivity index (χ1) is 7.37. The molecule has 0 bridgehead atoms. The minimum absolute atomic E-state index is 0.162. The van der Waals surface area contributed by atoms with Crippen molar-refractivity contribution >= 4 is 0 Å². The summed E-state index contributed by atoms with van der Waals surface area (Å²) in [6.45, 7) is 15.4. The van der Waals surface area contributed by atoms with Gasteiger partial charge in [-0.2, -0.15) is 0 Å². The summed E-state index contributed by atoms with van der Waals surface area (Å²) in [6.07, 6.45) is 3.50. The maximum absolute atomic E-state index is 5.17. The molecule has 0 heterocycles. The maximum atomic E-state index is 5.17. The van der Waals surface area contributed by atoms with Crippen molar-refractivity contribution in [3.8, 4) is 0 Å². The van der Waals surface area contributed by atoms with E-state index in [1.54, 1.807) is 12.2 Å². The molecule has 0 saturated carbocycles. The monoisotopic (exact) mass is 232 g/mol. The van der Waals surface area contributed by atoms with E-state index >= 15 is 0 Å². The van der Waals surface area contributed by atoms with Crippen LogP contribution in [0.2, 0.25) is 0 Å². The molecule has 0 aliphatic heterocycles. The Bertz CT molecular complexity index is 97.6. The summed E-state index contributed by atoms with van der Waals surface area (Å²) in [5, 5.41) is 0. The highest BCUT2D eigenvalue weighted by Gasteiger charge is 1.80. The Hall–Kier alpha value is -0.680. The Morgan fingerprint density at radius 3 is 0.938 bits per heavy atom. The first-order valence-corrected chi connectivity index (χ1v) is 5.43. The fourth-order valence-corrected chi connectivity index (χ4v) is 0. The van der Waals surface area contributed by atoms with Crippen LogP contribution in [0.5, 0.6) is 0 Å². The van der Waals surface area contributed by atoms with Crippen LogP contribution in [0.1, 0.15) is 27.7 Å². The molecule has 2 unspecified atom stereocenters. The van der Waals surface area contributed by atoms with Crippen molar-refractivity contribution in [3.05, 3.63) is 25.3 Å². The topological polar surface area (TPSA) is 104 Å². The predicted octanol–water partition coefficient (Wildman–Crippen LogP) is 0.969. The summed E-state index contributed by atoms with van der Waals surface area (Å²) in [5.74, 6) is 0. The molecule has 0 amide bonds. The first-order valence-electron chi connectivity index (χ1n) is 5.43. The lowest BCUT2D eigenvalue weighted by molar-refractivity contribution is 0.752. The Morgan fingerprint density at radius 2 is 0.938 bits per heavy atom. The van der Waals surface area contributed by atoms with E-state index in [9.17, 15) is 0 Å². The van der Waals surface area contributed by atoms with Gasteiger partial charge in [-0.15, -0.1) is 13.2 Å². The summed E-state index contributed by atoms with van der Waals surface area (Å²) >= 11 is 0. The van der Waals surface area contributed by atoms with Crippen LogP contribution in [0.4, 0.5) is 0 Å². The molecule has 0 spiro atoms. The van der Waals surface area contributed by atoms with Crippen LogP contribution in [0.3, 0.4) is 0 Å². The van der Waals surface area contributed by atoms with Gasteiger partial charge in [0.1, 0.15) is 0 Å². The van der Waals surface area contributed by atoms with E-state index in [-0.39, 0.29) is 12.1 Å². The molecular weight excluding hydrogens is 200 g/mol. The molecule has 0 aliphatic rings. The lowest BCUT2D eigenvalue weighted by atomic mass is 10.4. The van der Waals surface area contributed by atoms with Crippen molar-refractivity contribution < 1.29 is 0 Å². The molecule has 0 aromatic heterocycles. The van der Waals surface area contributed by atoms with E-state index in [0.29, 0.717) is 13.1 Å². The summed E-state index contributed by atoms with van der Waals surface area (Å²) in [7, 11) is 0. The molecule has 100 valence electrons. The zero-order valence-electron chi connectivity index (χ0n) is 11.4. The summed E-state index contributed by atoms with van der Waals surface area (Å²) < 4.78 is 0. The molecule has 2 atom stereocenters. The van der Waals surface area contributed by atoms with Gasteiger partial charge in [0.15, 0.2) is 0 Å². The lowest BCUT2D eigenvalue weighted by Crippen LogP contribution is -2.25. The quantitative estimate of drug-likeness (QED) is 0.532. The lowest BCUT2D eigenvalue weighted by Gasteiger charge is -1.92. The van der Waals surface area contributed by atoms with E-state index in [1.807, 2.05) is 27.7 Å². The average Bonchev–Trinajstić information content (AvgIpc) is 2.21. The SMILES string of the molecule is C=CC.C=CC.CC(N)CN.CC(N)CN. The van der Waals surface area contributed by atoms with Gasteiger partial charge in [0, 0.05) is 25.2 Å². The first kappa shape index (κ1) is 24.5. The normalized spacial score (nSPS) is 11.0. The van der Waals surface area contributed by atoms with Gasteiger partial charge in [0.2, 0.25) is 0 Å². The molecule has 0 radical (unpaired) electrons. The third-order valence-corrected chi connectivity index (χ3v) is 0.744. The number of rotatable bonds is 2. The largest absolute Gasteiger partial charge is 0.329 e. The van der Waals surface area contributed by atoms with Crippen molar-refractivity contribution in [2.75, 3.05) is 13.1 Å². The van der Waals surface area contributed by atoms with Gasteiger partial charge in [-0.1, -0.05) is 12.2 Å². The molecular formula is C12H32N4. The van der Waals surface area contributed by atoms with E-state index < -0.39 is 0 Å². The number of nitrogens with two attached hydrogens (primary N) is 4. The van der Waals surface area contributed by atoms with Crippen LogP contribution in [-0.4, -0.2) is 25.2 Å². The smallest absolute Gasteiger partial charge is 0.0134 e. The van der Waals surface area contributed by atoms with Crippen LogP contribution in [0.15, 0.2) is 25.3 Å². The summed E-state index contributed by atoms with van der Waals surface area (Å²) in [5.41, 5.74) is 20.4. The Labute approximate surface area is 102 Å². The van der Waals surface area contributed by atoms with Crippen LogP contribution in [-0.2, 0) is 0 Å². The number of hydrogen-bond donors (Lipinski definition) is 4.